The fourth-order valence-electron chi connectivity index (χ4n) is 3.27. The van der Waals surface area contributed by atoms with Gasteiger partial charge in [0.15, 0.2) is 5.69 Å². The highest BCUT2D eigenvalue weighted by molar-refractivity contribution is 7.13. The van der Waals surface area contributed by atoms with Crippen LogP contribution in [0.15, 0.2) is 53.9 Å². The Kier molecular flexibility index (Phi) is 3.59. The van der Waals surface area contributed by atoms with Crippen LogP contribution in [0.2, 0.25) is 0 Å². The molecule has 7 nitrogen and oxygen atoms in total. The summed E-state index contributed by atoms with van der Waals surface area (Å²) in [6.45, 7) is 0. The summed E-state index contributed by atoms with van der Waals surface area (Å²) in [4.78, 5) is 20.6. The zero-order valence-electron chi connectivity index (χ0n) is 14.5. The summed E-state index contributed by atoms with van der Waals surface area (Å²) in [7, 11) is 0. The number of primary amides is 1. The van der Waals surface area contributed by atoms with Crippen LogP contribution in [0.1, 0.15) is 10.5 Å². The SMILES string of the molecule is NC(=O)c1nnc2c(-c3ccc4nc(-c5cccs5)[nH]c4c3)cccc2c1N. The van der Waals surface area contributed by atoms with Gasteiger partial charge in [-0.2, -0.15) is 0 Å². The third-order valence-corrected chi connectivity index (χ3v) is 5.49. The van der Waals surface area contributed by atoms with Crippen LogP contribution < -0.4 is 11.5 Å². The largest absolute Gasteiger partial charge is 0.396 e. The van der Waals surface area contributed by atoms with Crippen LogP contribution in [0.5, 0.6) is 0 Å². The van der Waals surface area contributed by atoms with Gasteiger partial charge in [-0.25, -0.2) is 4.98 Å². The molecule has 3 heterocycles. The van der Waals surface area contributed by atoms with E-state index in [0.29, 0.717) is 10.9 Å². The lowest BCUT2D eigenvalue weighted by Gasteiger charge is -2.09. The van der Waals surface area contributed by atoms with Crippen LogP contribution in [0, 0.1) is 0 Å². The molecule has 5 aromatic rings. The summed E-state index contributed by atoms with van der Waals surface area (Å²) in [5, 5.41) is 10.8. The molecule has 0 unspecified atom stereocenters. The van der Waals surface area contributed by atoms with E-state index >= 15 is 0 Å². The Bertz CT molecular complexity index is 1360. The monoisotopic (exact) mass is 386 g/mol. The Morgan fingerprint density at radius 3 is 2.75 bits per heavy atom. The molecular formula is C20H14N6OS. The second kappa shape index (κ2) is 6.14. The molecule has 3 aromatic heterocycles. The van der Waals surface area contributed by atoms with Crippen molar-refractivity contribution in [2.45, 2.75) is 0 Å². The summed E-state index contributed by atoms with van der Waals surface area (Å²) in [6, 6.07) is 15.6. The number of nitrogens with two attached hydrogens (primary N) is 2. The highest BCUT2D eigenvalue weighted by Crippen LogP contribution is 2.33. The number of nitrogens with one attached hydrogen (secondary N) is 1. The van der Waals surface area contributed by atoms with Crippen LogP contribution in [0.4, 0.5) is 5.69 Å². The summed E-state index contributed by atoms with van der Waals surface area (Å²) in [6.07, 6.45) is 0. The molecule has 136 valence electrons. The number of anilines is 1. The van der Waals surface area contributed by atoms with Crippen LogP contribution in [0.3, 0.4) is 0 Å². The first kappa shape index (κ1) is 16.4. The Morgan fingerprint density at radius 1 is 1.07 bits per heavy atom. The number of hydrogen-bond acceptors (Lipinski definition) is 6. The minimum Gasteiger partial charge on any atom is -0.396 e. The number of aromatic amines is 1. The molecule has 5 N–H and O–H groups in total. The number of carbonyl (C=O) groups excluding carboxylic acids is 1. The highest BCUT2D eigenvalue weighted by Gasteiger charge is 2.15. The zero-order chi connectivity index (χ0) is 19.3. The van der Waals surface area contributed by atoms with Gasteiger partial charge < -0.3 is 16.5 Å². The number of imidazole rings is 1. The van der Waals surface area contributed by atoms with Crippen molar-refractivity contribution in [1.29, 1.82) is 0 Å². The van der Waals surface area contributed by atoms with E-state index in [0.717, 1.165) is 32.9 Å². The molecule has 0 aliphatic heterocycles. The molecule has 0 spiro atoms. The maximum Gasteiger partial charge on any atom is 0.271 e. The summed E-state index contributed by atoms with van der Waals surface area (Å²) in [5.74, 6) is 0.146. The number of fused-ring (bicyclic) bond motifs is 2. The molecule has 28 heavy (non-hydrogen) atoms. The van der Waals surface area contributed by atoms with Gasteiger partial charge in [0.05, 0.1) is 21.6 Å². The summed E-state index contributed by atoms with van der Waals surface area (Å²) < 4.78 is 0. The highest BCUT2D eigenvalue weighted by atomic mass is 32.1. The lowest BCUT2D eigenvalue weighted by atomic mass is 10.0. The lowest BCUT2D eigenvalue weighted by molar-refractivity contribution is 0.0996. The molecule has 0 saturated heterocycles. The number of thiophene rings is 1. The quantitative estimate of drug-likeness (QED) is 0.437. The summed E-state index contributed by atoms with van der Waals surface area (Å²) >= 11 is 1.64. The van der Waals surface area contributed by atoms with E-state index in [1.165, 1.54) is 0 Å². The van der Waals surface area contributed by atoms with Crippen molar-refractivity contribution in [2.24, 2.45) is 5.73 Å². The smallest absolute Gasteiger partial charge is 0.271 e. The van der Waals surface area contributed by atoms with Crippen molar-refractivity contribution in [3.05, 3.63) is 59.6 Å². The standard InChI is InChI=1S/C20H14N6OS/c21-16-12-4-1-3-11(17(12)25-26-18(16)19(22)27)10-6-7-13-14(9-10)24-20(23-13)15-5-2-8-28-15/h1-9H,(H2,21,25)(H2,22,27)(H,23,24). The zero-order valence-corrected chi connectivity index (χ0v) is 15.3. The number of rotatable bonds is 3. The topological polar surface area (TPSA) is 124 Å². The molecule has 0 radical (unpaired) electrons. The van der Waals surface area contributed by atoms with Gasteiger partial charge in [-0.1, -0.05) is 30.3 Å². The fraction of sp³-hybridized carbons (Fsp3) is 0. The van der Waals surface area contributed by atoms with Gasteiger partial charge in [-0.3, -0.25) is 4.79 Å². The van der Waals surface area contributed by atoms with Gasteiger partial charge >= 0.3 is 0 Å². The normalized spacial score (nSPS) is 11.3. The number of aromatic nitrogens is 4. The van der Waals surface area contributed by atoms with Crippen molar-refractivity contribution in [1.82, 2.24) is 20.2 Å². The third kappa shape index (κ3) is 2.50. The van der Waals surface area contributed by atoms with Crippen molar-refractivity contribution in [2.75, 3.05) is 5.73 Å². The van der Waals surface area contributed by atoms with E-state index in [9.17, 15) is 4.79 Å². The summed E-state index contributed by atoms with van der Waals surface area (Å²) in [5.41, 5.74) is 15.9. The molecule has 0 aliphatic carbocycles. The van der Waals surface area contributed by atoms with E-state index in [4.69, 9.17) is 11.5 Å². The van der Waals surface area contributed by atoms with Gasteiger partial charge in [0, 0.05) is 10.9 Å². The van der Waals surface area contributed by atoms with Crippen LogP contribution in [-0.2, 0) is 0 Å². The number of benzene rings is 2. The van der Waals surface area contributed by atoms with Crippen molar-refractivity contribution < 1.29 is 4.79 Å². The second-order valence-corrected chi connectivity index (χ2v) is 7.27. The first-order chi connectivity index (χ1) is 13.6. The Morgan fingerprint density at radius 2 is 1.96 bits per heavy atom. The van der Waals surface area contributed by atoms with Gasteiger partial charge in [0.1, 0.15) is 11.3 Å². The number of nitrogens with zero attached hydrogens (tertiary/aromatic N) is 3. The minimum absolute atomic E-state index is 0.0192. The van der Waals surface area contributed by atoms with E-state index in [2.05, 4.69) is 20.2 Å². The molecule has 1 amide bonds. The first-order valence-electron chi connectivity index (χ1n) is 8.50. The number of hydrogen-bond donors (Lipinski definition) is 3. The first-order valence-corrected chi connectivity index (χ1v) is 9.38. The Hall–Kier alpha value is -3.78. The molecule has 2 aromatic carbocycles. The van der Waals surface area contributed by atoms with Gasteiger partial charge in [0.25, 0.3) is 5.91 Å². The average molecular weight is 386 g/mol. The Labute approximate surface area is 163 Å². The van der Waals surface area contributed by atoms with E-state index in [1.54, 1.807) is 17.4 Å². The van der Waals surface area contributed by atoms with Gasteiger partial charge in [-0.15, -0.1) is 21.5 Å². The van der Waals surface area contributed by atoms with E-state index in [1.807, 2.05) is 47.8 Å². The predicted octanol–water partition coefficient (Wildman–Crippen LogP) is 3.58. The van der Waals surface area contributed by atoms with Crippen LogP contribution in [0.25, 0.3) is 43.8 Å². The molecule has 0 saturated carbocycles. The molecule has 8 heteroatoms. The fourth-order valence-corrected chi connectivity index (χ4v) is 3.94. The van der Waals surface area contributed by atoms with Crippen molar-refractivity contribution >= 4 is 44.9 Å². The predicted molar refractivity (Wildman–Crippen MR) is 111 cm³/mol. The molecule has 0 atom stereocenters. The van der Waals surface area contributed by atoms with Gasteiger partial charge in [-0.05, 0) is 29.1 Å². The van der Waals surface area contributed by atoms with E-state index in [-0.39, 0.29) is 11.4 Å². The second-order valence-electron chi connectivity index (χ2n) is 6.32. The van der Waals surface area contributed by atoms with Gasteiger partial charge in [0.2, 0.25) is 0 Å². The van der Waals surface area contributed by atoms with Crippen molar-refractivity contribution in [3.8, 4) is 21.8 Å². The van der Waals surface area contributed by atoms with Crippen LogP contribution in [-0.4, -0.2) is 26.1 Å². The number of carbonyl (C=O) groups is 1. The molecule has 0 bridgehead atoms. The lowest BCUT2D eigenvalue weighted by Crippen LogP contribution is -2.16. The molecule has 0 aliphatic rings. The van der Waals surface area contributed by atoms with Crippen molar-refractivity contribution in [3.63, 3.8) is 0 Å². The molecular weight excluding hydrogens is 372 g/mol. The number of nitrogen functional groups attached to an aromatic ring is 1. The molecule has 5 rings (SSSR count). The average Bonchev–Trinajstić information content (AvgIpc) is 3.36. The third-order valence-electron chi connectivity index (χ3n) is 4.61. The number of H-pyrrole nitrogens is 1. The molecule has 0 fully saturated rings. The maximum atomic E-state index is 11.5. The van der Waals surface area contributed by atoms with E-state index < -0.39 is 5.91 Å². The minimum atomic E-state index is -0.697. The Balaban J connectivity index is 1.68. The van der Waals surface area contributed by atoms with Crippen LogP contribution >= 0.6 is 11.3 Å². The maximum absolute atomic E-state index is 11.5. The number of amides is 1.